The van der Waals surface area contributed by atoms with E-state index in [1.165, 1.54) is 56.0 Å². The van der Waals surface area contributed by atoms with Gasteiger partial charge in [-0.1, -0.05) is 116 Å². The third-order valence-corrected chi connectivity index (χ3v) is 9.47. The first-order valence-corrected chi connectivity index (χ1v) is 15.0. The number of para-hydroxylation sites is 2. The van der Waals surface area contributed by atoms with E-state index in [0.717, 1.165) is 28.1 Å². The fourth-order valence-corrected chi connectivity index (χ4v) is 7.01. The van der Waals surface area contributed by atoms with E-state index in [4.69, 9.17) is 4.52 Å². The standard InChI is InChI=1S/C40H36N2O/c1-25-27(3)38(42-33-23-15-13-21-31(33)40(5,6)32-22-14-16-24-34(32)42)28(4)26(2)35(25)36-37(29-17-9-7-10-18-29)41-43-39(36)30-19-11-8-12-20-30/h7-24H,1-6H3. The smallest absolute Gasteiger partial charge is 0.175 e. The molecule has 0 spiro atoms. The molecule has 0 amide bonds. The normalized spacial score (nSPS) is 13.5. The van der Waals surface area contributed by atoms with E-state index in [1.807, 2.05) is 12.1 Å². The summed E-state index contributed by atoms with van der Waals surface area (Å²) in [5, 5.41) is 4.68. The molecule has 6 aromatic rings. The summed E-state index contributed by atoms with van der Waals surface area (Å²) in [6.07, 6.45) is 0. The SMILES string of the molecule is Cc1c(C)c(N2c3ccccc3C(C)(C)c3ccccc32)c(C)c(C)c1-c1c(-c2ccccc2)noc1-c1ccccc1. The van der Waals surface area contributed by atoms with Gasteiger partial charge in [-0.15, -0.1) is 0 Å². The highest BCUT2D eigenvalue weighted by Crippen LogP contribution is 2.55. The van der Waals surface area contributed by atoms with E-state index < -0.39 is 0 Å². The lowest BCUT2D eigenvalue weighted by Gasteiger charge is -2.43. The van der Waals surface area contributed by atoms with Crippen molar-refractivity contribution in [3.05, 3.63) is 143 Å². The maximum atomic E-state index is 6.18. The zero-order valence-electron chi connectivity index (χ0n) is 25.7. The van der Waals surface area contributed by atoms with E-state index in [0.29, 0.717) is 0 Å². The van der Waals surface area contributed by atoms with Crippen LogP contribution < -0.4 is 4.90 Å². The molecule has 7 rings (SSSR count). The molecule has 0 N–H and O–H groups in total. The topological polar surface area (TPSA) is 29.3 Å². The summed E-state index contributed by atoms with van der Waals surface area (Å²) in [6.45, 7) is 13.7. The Hall–Kier alpha value is -4.89. The van der Waals surface area contributed by atoms with Gasteiger partial charge in [-0.3, -0.25) is 0 Å². The number of benzene rings is 5. The summed E-state index contributed by atoms with van der Waals surface area (Å²) in [4.78, 5) is 2.49. The molecule has 5 aromatic carbocycles. The van der Waals surface area contributed by atoms with Crippen molar-refractivity contribution in [3.63, 3.8) is 0 Å². The largest absolute Gasteiger partial charge is 0.355 e. The van der Waals surface area contributed by atoms with E-state index in [-0.39, 0.29) is 5.41 Å². The molecular formula is C40H36N2O. The van der Waals surface area contributed by atoms with Gasteiger partial charge in [-0.25, -0.2) is 0 Å². The molecule has 0 saturated carbocycles. The third-order valence-electron chi connectivity index (χ3n) is 9.47. The summed E-state index contributed by atoms with van der Waals surface area (Å²) in [5.41, 5.74) is 16.4. The molecule has 212 valence electrons. The molecule has 2 heterocycles. The van der Waals surface area contributed by atoms with Crippen LogP contribution >= 0.6 is 0 Å². The Morgan fingerprint density at radius 2 is 1.00 bits per heavy atom. The Labute approximate surface area is 254 Å². The van der Waals surface area contributed by atoms with Crippen molar-refractivity contribution in [1.82, 2.24) is 5.16 Å². The maximum Gasteiger partial charge on any atom is 0.175 e. The molecule has 0 aliphatic carbocycles. The number of anilines is 3. The van der Waals surface area contributed by atoms with Gasteiger partial charge in [0.25, 0.3) is 0 Å². The van der Waals surface area contributed by atoms with Crippen LogP contribution in [-0.2, 0) is 5.41 Å². The lowest BCUT2D eigenvalue weighted by atomic mass is 9.73. The third kappa shape index (κ3) is 4.06. The molecule has 0 bridgehead atoms. The fraction of sp³-hybridized carbons (Fsp3) is 0.175. The first-order valence-electron chi connectivity index (χ1n) is 15.0. The van der Waals surface area contributed by atoms with Gasteiger partial charge in [-0.05, 0) is 78.8 Å². The molecule has 1 aliphatic rings. The number of hydrogen-bond acceptors (Lipinski definition) is 3. The van der Waals surface area contributed by atoms with Crippen LogP contribution in [0, 0.1) is 27.7 Å². The molecule has 43 heavy (non-hydrogen) atoms. The maximum absolute atomic E-state index is 6.18. The van der Waals surface area contributed by atoms with Crippen LogP contribution in [0.5, 0.6) is 0 Å². The summed E-state index contributed by atoms with van der Waals surface area (Å²) in [6, 6.07) is 38.4. The monoisotopic (exact) mass is 560 g/mol. The van der Waals surface area contributed by atoms with Gasteiger partial charge in [0.2, 0.25) is 0 Å². The van der Waals surface area contributed by atoms with E-state index in [9.17, 15) is 0 Å². The van der Waals surface area contributed by atoms with Crippen LogP contribution in [0.15, 0.2) is 114 Å². The minimum Gasteiger partial charge on any atom is -0.355 e. The molecule has 1 aromatic heterocycles. The Balaban J connectivity index is 1.52. The fourth-order valence-electron chi connectivity index (χ4n) is 7.01. The van der Waals surface area contributed by atoms with Crippen molar-refractivity contribution in [2.75, 3.05) is 4.90 Å². The molecule has 0 saturated heterocycles. The molecule has 3 heteroatoms. The number of hydrogen-bond donors (Lipinski definition) is 0. The summed E-state index contributed by atoms with van der Waals surface area (Å²) >= 11 is 0. The highest BCUT2D eigenvalue weighted by molar-refractivity contribution is 5.97. The second-order valence-corrected chi connectivity index (χ2v) is 12.2. The Kier molecular flexibility index (Phi) is 6.36. The number of rotatable bonds is 4. The zero-order valence-corrected chi connectivity index (χ0v) is 25.7. The van der Waals surface area contributed by atoms with E-state index in [2.05, 4.69) is 149 Å². The van der Waals surface area contributed by atoms with Gasteiger partial charge < -0.3 is 9.42 Å². The van der Waals surface area contributed by atoms with Crippen LogP contribution in [0.1, 0.15) is 47.2 Å². The van der Waals surface area contributed by atoms with Crippen molar-refractivity contribution < 1.29 is 4.52 Å². The highest BCUT2D eigenvalue weighted by Gasteiger charge is 2.38. The van der Waals surface area contributed by atoms with Crippen LogP contribution in [0.2, 0.25) is 0 Å². The summed E-state index contributed by atoms with van der Waals surface area (Å²) in [7, 11) is 0. The molecular weight excluding hydrogens is 524 g/mol. The van der Waals surface area contributed by atoms with Gasteiger partial charge in [-0.2, -0.15) is 0 Å². The van der Waals surface area contributed by atoms with Crippen molar-refractivity contribution in [1.29, 1.82) is 0 Å². The summed E-state index contributed by atoms with van der Waals surface area (Å²) in [5.74, 6) is 0.799. The molecule has 0 atom stereocenters. The van der Waals surface area contributed by atoms with Crippen molar-refractivity contribution in [2.24, 2.45) is 0 Å². The minimum atomic E-state index is -0.104. The zero-order chi connectivity index (χ0) is 29.9. The highest BCUT2D eigenvalue weighted by atomic mass is 16.5. The van der Waals surface area contributed by atoms with E-state index in [1.54, 1.807) is 0 Å². The molecule has 0 radical (unpaired) electrons. The van der Waals surface area contributed by atoms with Crippen molar-refractivity contribution in [2.45, 2.75) is 47.0 Å². The Morgan fingerprint density at radius 3 is 1.53 bits per heavy atom. The predicted octanol–water partition coefficient (Wildman–Crippen LogP) is 11.0. The van der Waals surface area contributed by atoms with E-state index >= 15 is 0 Å². The van der Waals surface area contributed by atoms with Gasteiger partial charge >= 0.3 is 0 Å². The van der Waals surface area contributed by atoms with Gasteiger partial charge in [0.1, 0.15) is 5.69 Å². The van der Waals surface area contributed by atoms with Crippen LogP contribution in [-0.4, -0.2) is 5.16 Å². The minimum absolute atomic E-state index is 0.104. The average Bonchev–Trinajstić information content (AvgIpc) is 3.47. The second-order valence-electron chi connectivity index (χ2n) is 12.2. The van der Waals surface area contributed by atoms with Gasteiger partial charge in [0, 0.05) is 16.5 Å². The molecule has 0 fully saturated rings. The van der Waals surface area contributed by atoms with Crippen molar-refractivity contribution in [3.8, 4) is 33.7 Å². The number of fused-ring (bicyclic) bond motifs is 2. The first kappa shape index (κ1) is 27.0. The number of nitrogens with zero attached hydrogens (tertiary/aromatic N) is 2. The molecule has 3 nitrogen and oxygen atoms in total. The van der Waals surface area contributed by atoms with Crippen LogP contribution in [0.3, 0.4) is 0 Å². The predicted molar refractivity (Wildman–Crippen MR) is 179 cm³/mol. The summed E-state index contributed by atoms with van der Waals surface area (Å²) < 4.78 is 6.18. The van der Waals surface area contributed by atoms with Crippen LogP contribution in [0.4, 0.5) is 17.1 Å². The van der Waals surface area contributed by atoms with Gasteiger partial charge in [0.15, 0.2) is 5.76 Å². The lowest BCUT2D eigenvalue weighted by Crippen LogP contribution is -2.31. The average molecular weight is 561 g/mol. The van der Waals surface area contributed by atoms with Crippen molar-refractivity contribution >= 4 is 17.1 Å². The molecule has 1 aliphatic heterocycles. The Bertz CT molecular complexity index is 1850. The molecule has 0 unspecified atom stereocenters. The van der Waals surface area contributed by atoms with Gasteiger partial charge in [0.05, 0.1) is 22.6 Å². The lowest BCUT2D eigenvalue weighted by molar-refractivity contribution is 0.435. The quantitative estimate of drug-likeness (QED) is 0.215. The number of aromatic nitrogens is 1. The Morgan fingerprint density at radius 1 is 0.535 bits per heavy atom. The second kappa shape index (κ2) is 10.1. The first-order chi connectivity index (χ1) is 20.8. The van der Waals surface area contributed by atoms with Crippen LogP contribution in [0.25, 0.3) is 33.7 Å².